The minimum Gasteiger partial charge on any atom is -0.385 e. The van der Waals surface area contributed by atoms with E-state index in [4.69, 9.17) is 16.4 Å². The number of aromatic nitrogens is 3. The summed E-state index contributed by atoms with van der Waals surface area (Å²) in [5.41, 5.74) is -0.609. The third-order valence-electron chi connectivity index (χ3n) is 5.09. The van der Waals surface area contributed by atoms with Crippen LogP contribution in [-0.4, -0.2) is 36.8 Å². The fourth-order valence-corrected chi connectivity index (χ4v) is 3.92. The van der Waals surface area contributed by atoms with Crippen LogP contribution in [0.2, 0.25) is 5.02 Å². The Morgan fingerprint density at radius 3 is 2.58 bits per heavy atom. The van der Waals surface area contributed by atoms with E-state index < -0.39 is 11.2 Å². The molecule has 1 aliphatic carbocycles. The molecule has 1 fully saturated rings. The molecule has 1 atom stereocenters. The number of halogens is 1. The molecule has 0 bridgehead atoms. The lowest BCUT2D eigenvalue weighted by molar-refractivity contribution is -0.151. The number of hydrogen-bond acceptors (Lipinski definition) is 5. The summed E-state index contributed by atoms with van der Waals surface area (Å²) in [6.45, 7) is 0.258. The molecular weight excluding hydrogens is 328 g/mol. The Hall–Kier alpha value is -1.92. The molecule has 1 N–H and O–H groups in total. The molecule has 7 heteroatoms. The Kier molecular flexibility index (Phi) is 3.81. The zero-order chi connectivity index (χ0) is 16.6. The van der Waals surface area contributed by atoms with E-state index in [1.54, 1.807) is 23.1 Å². The lowest BCUT2D eigenvalue weighted by Gasteiger charge is -2.42. The molecule has 24 heavy (non-hydrogen) atoms. The minimum absolute atomic E-state index is 0.258. The summed E-state index contributed by atoms with van der Waals surface area (Å²) in [7, 11) is 0. The van der Waals surface area contributed by atoms with Crippen molar-refractivity contribution in [1.29, 1.82) is 0 Å². The maximum atomic E-state index is 11.7. The van der Waals surface area contributed by atoms with Crippen LogP contribution in [0, 0.1) is 0 Å². The topological polar surface area (TPSA) is 72.5 Å². The van der Waals surface area contributed by atoms with Crippen molar-refractivity contribution in [2.24, 2.45) is 5.16 Å². The number of oxime groups is 1. The van der Waals surface area contributed by atoms with E-state index >= 15 is 0 Å². The van der Waals surface area contributed by atoms with Gasteiger partial charge in [0, 0.05) is 10.6 Å². The van der Waals surface area contributed by atoms with E-state index in [-0.39, 0.29) is 6.54 Å². The normalized spacial score (nSPS) is 25.5. The van der Waals surface area contributed by atoms with Gasteiger partial charge in [0.15, 0.2) is 11.2 Å². The van der Waals surface area contributed by atoms with E-state index in [9.17, 15) is 5.11 Å². The predicted octanol–water partition coefficient (Wildman–Crippen LogP) is 2.80. The second kappa shape index (κ2) is 5.86. The van der Waals surface area contributed by atoms with Gasteiger partial charge in [0.25, 0.3) is 0 Å². The van der Waals surface area contributed by atoms with Crippen LogP contribution in [-0.2, 0) is 11.4 Å². The molecular formula is C17H19ClN4O2. The van der Waals surface area contributed by atoms with Crippen molar-refractivity contribution >= 4 is 17.3 Å². The summed E-state index contributed by atoms with van der Waals surface area (Å²) in [6.07, 6.45) is 7.81. The van der Waals surface area contributed by atoms with Gasteiger partial charge in [-0.2, -0.15) is 5.10 Å². The molecule has 2 aliphatic rings. The molecule has 6 nitrogen and oxygen atoms in total. The van der Waals surface area contributed by atoms with Crippen LogP contribution < -0.4 is 0 Å². The number of aliphatic hydroxyl groups is 1. The first-order chi connectivity index (χ1) is 11.6. The van der Waals surface area contributed by atoms with Gasteiger partial charge in [0.05, 0.1) is 6.54 Å². The Labute approximate surface area is 145 Å². The SMILES string of the molecule is OC1(Cn2cncn2)C(c2ccc(Cl)cc2)=NOC12CCCCC2. The second-order valence-corrected chi connectivity index (χ2v) is 6.98. The average molecular weight is 347 g/mol. The zero-order valence-corrected chi connectivity index (χ0v) is 14.0. The standard InChI is InChI=1S/C17H19ClN4O2/c18-14-6-4-13(5-7-14)15-17(23,10-22-12-19-11-20-22)16(24-21-15)8-2-1-3-9-16/h4-7,11-12,23H,1-3,8-10H2. The van der Waals surface area contributed by atoms with Crippen molar-refractivity contribution < 1.29 is 9.94 Å². The van der Waals surface area contributed by atoms with E-state index in [0.29, 0.717) is 10.7 Å². The monoisotopic (exact) mass is 346 g/mol. The Balaban J connectivity index is 1.76. The summed E-state index contributed by atoms with van der Waals surface area (Å²) >= 11 is 5.99. The first kappa shape index (κ1) is 15.6. The van der Waals surface area contributed by atoms with E-state index in [0.717, 1.165) is 37.7 Å². The molecule has 1 saturated carbocycles. The smallest absolute Gasteiger partial charge is 0.173 e. The van der Waals surface area contributed by atoms with Crippen LogP contribution in [0.25, 0.3) is 0 Å². The Bertz CT molecular complexity index is 738. The number of benzene rings is 1. The molecule has 1 aromatic carbocycles. The van der Waals surface area contributed by atoms with Crippen LogP contribution >= 0.6 is 11.6 Å². The molecule has 126 valence electrons. The Morgan fingerprint density at radius 2 is 1.92 bits per heavy atom. The fraction of sp³-hybridized carbons (Fsp3) is 0.471. The minimum atomic E-state index is -1.26. The van der Waals surface area contributed by atoms with Crippen molar-refractivity contribution in [1.82, 2.24) is 14.8 Å². The highest BCUT2D eigenvalue weighted by Crippen LogP contribution is 2.46. The molecule has 1 aliphatic heterocycles. The van der Waals surface area contributed by atoms with Crippen molar-refractivity contribution in [3.63, 3.8) is 0 Å². The van der Waals surface area contributed by atoms with Gasteiger partial charge in [-0.3, -0.25) is 0 Å². The highest BCUT2D eigenvalue weighted by molar-refractivity contribution is 6.30. The number of nitrogens with zero attached hydrogens (tertiary/aromatic N) is 4. The average Bonchev–Trinajstić information content (AvgIpc) is 3.18. The molecule has 1 unspecified atom stereocenters. The summed E-state index contributed by atoms with van der Waals surface area (Å²) < 4.78 is 1.64. The van der Waals surface area contributed by atoms with Crippen LogP contribution in [0.3, 0.4) is 0 Å². The Morgan fingerprint density at radius 1 is 1.17 bits per heavy atom. The van der Waals surface area contributed by atoms with Crippen molar-refractivity contribution in [2.75, 3.05) is 0 Å². The van der Waals surface area contributed by atoms with E-state index in [1.165, 1.54) is 6.33 Å². The molecule has 2 heterocycles. The van der Waals surface area contributed by atoms with Gasteiger partial charge in [-0.05, 0) is 37.8 Å². The van der Waals surface area contributed by atoms with Gasteiger partial charge >= 0.3 is 0 Å². The van der Waals surface area contributed by atoms with Crippen LogP contribution in [0.15, 0.2) is 42.1 Å². The molecule has 0 radical (unpaired) electrons. The van der Waals surface area contributed by atoms with Crippen LogP contribution in [0.1, 0.15) is 37.7 Å². The van der Waals surface area contributed by atoms with Crippen LogP contribution in [0.5, 0.6) is 0 Å². The maximum absolute atomic E-state index is 11.7. The molecule has 2 aromatic rings. The largest absolute Gasteiger partial charge is 0.385 e. The highest BCUT2D eigenvalue weighted by Gasteiger charge is 2.61. The van der Waals surface area contributed by atoms with Gasteiger partial charge in [0.2, 0.25) is 0 Å². The van der Waals surface area contributed by atoms with Gasteiger partial charge < -0.3 is 9.94 Å². The van der Waals surface area contributed by atoms with Crippen molar-refractivity contribution in [3.8, 4) is 0 Å². The summed E-state index contributed by atoms with van der Waals surface area (Å²) in [4.78, 5) is 9.87. The molecule has 0 saturated heterocycles. The van der Waals surface area contributed by atoms with Gasteiger partial charge in [-0.15, -0.1) is 0 Å². The molecule has 0 amide bonds. The maximum Gasteiger partial charge on any atom is 0.173 e. The molecule has 4 rings (SSSR count). The summed E-state index contributed by atoms with van der Waals surface area (Å²) in [6, 6.07) is 7.31. The quantitative estimate of drug-likeness (QED) is 0.927. The summed E-state index contributed by atoms with van der Waals surface area (Å²) in [5, 5.41) is 20.9. The number of hydrogen-bond donors (Lipinski definition) is 1. The fourth-order valence-electron chi connectivity index (χ4n) is 3.79. The van der Waals surface area contributed by atoms with Crippen molar-refractivity contribution in [3.05, 3.63) is 47.5 Å². The highest BCUT2D eigenvalue weighted by atomic mass is 35.5. The third-order valence-corrected chi connectivity index (χ3v) is 5.35. The van der Waals surface area contributed by atoms with Gasteiger partial charge in [-0.25, -0.2) is 9.67 Å². The zero-order valence-electron chi connectivity index (χ0n) is 13.2. The van der Waals surface area contributed by atoms with E-state index in [2.05, 4.69) is 15.2 Å². The third kappa shape index (κ3) is 2.41. The lowest BCUT2D eigenvalue weighted by Crippen LogP contribution is -2.59. The van der Waals surface area contributed by atoms with E-state index in [1.807, 2.05) is 12.1 Å². The van der Waals surface area contributed by atoms with Gasteiger partial charge in [-0.1, -0.05) is 35.3 Å². The number of rotatable bonds is 3. The first-order valence-electron chi connectivity index (χ1n) is 8.20. The lowest BCUT2D eigenvalue weighted by atomic mass is 9.69. The molecule has 1 spiro atoms. The van der Waals surface area contributed by atoms with Gasteiger partial charge in [0.1, 0.15) is 18.4 Å². The van der Waals surface area contributed by atoms with Crippen molar-refractivity contribution in [2.45, 2.75) is 49.9 Å². The first-order valence-corrected chi connectivity index (χ1v) is 8.58. The summed E-state index contributed by atoms with van der Waals surface area (Å²) in [5.74, 6) is 0. The molecule has 1 aromatic heterocycles. The predicted molar refractivity (Wildman–Crippen MR) is 89.9 cm³/mol. The second-order valence-electron chi connectivity index (χ2n) is 6.55. The van der Waals surface area contributed by atoms with Crippen LogP contribution in [0.4, 0.5) is 0 Å².